The second-order valence-corrected chi connectivity index (χ2v) is 6.39. The molecule has 7 heteroatoms. The zero-order valence-corrected chi connectivity index (χ0v) is 12.7. The minimum atomic E-state index is -3.59. The van der Waals surface area contributed by atoms with Crippen LogP contribution in [0, 0.1) is 13.8 Å². The number of carbonyl (C=O) groups excluding carboxylic acids is 1. The number of aryl methyl sites for hydroxylation is 2. The number of hydrogen-bond acceptors (Lipinski definition) is 3. The van der Waals surface area contributed by atoms with Crippen molar-refractivity contribution in [3.8, 4) is 0 Å². The molecule has 0 heterocycles. The maximum Gasteiger partial charge on any atom is 0.240 e. The Bertz CT molecular complexity index is 585. The van der Waals surface area contributed by atoms with E-state index in [0.29, 0.717) is 16.1 Å². The Hall–Kier alpha value is -1.11. The molecule has 0 saturated carbocycles. The summed E-state index contributed by atoms with van der Waals surface area (Å²) in [5.41, 5.74) is 1.29. The van der Waals surface area contributed by atoms with Gasteiger partial charge < -0.3 is 5.32 Å². The largest absolute Gasteiger partial charge is 0.355 e. The lowest BCUT2D eigenvalue weighted by Crippen LogP contribution is -2.34. The third-order valence-electron chi connectivity index (χ3n) is 2.54. The third kappa shape index (κ3) is 4.49. The van der Waals surface area contributed by atoms with Crippen LogP contribution in [-0.2, 0) is 14.8 Å². The van der Waals surface area contributed by atoms with Gasteiger partial charge in [-0.1, -0.05) is 11.6 Å². The Kier molecular flexibility index (Phi) is 5.34. The van der Waals surface area contributed by atoms with Gasteiger partial charge in [-0.05, 0) is 37.1 Å². The molecular formula is C12H17ClN2O3S. The Labute approximate surface area is 118 Å². The summed E-state index contributed by atoms with van der Waals surface area (Å²) >= 11 is 5.93. The lowest BCUT2D eigenvalue weighted by atomic mass is 10.2. The molecule has 0 atom stereocenters. The molecule has 1 rings (SSSR count). The minimum absolute atomic E-state index is 0.142. The molecule has 2 N–H and O–H groups in total. The van der Waals surface area contributed by atoms with E-state index >= 15 is 0 Å². The summed E-state index contributed by atoms with van der Waals surface area (Å²) in [6, 6.07) is 3.16. The first-order chi connectivity index (χ1) is 8.74. The van der Waals surface area contributed by atoms with Gasteiger partial charge in [-0.15, -0.1) is 0 Å². The van der Waals surface area contributed by atoms with Crippen molar-refractivity contribution in [1.82, 2.24) is 10.0 Å². The molecule has 5 nitrogen and oxygen atoms in total. The summed E-state index contributed by atoms with van der Waals surface area (Å²) in [6.45, 7) is 5.20. The first-order valence-electron chi connectivity index (χ1n) is 5.75. The van der Waals surface area contributed by atoms with Crippen molar-refractivity contribution in [2.24, 2.45) is 0 Å². The van der Waals surface area contributed by atoms with E-state index in [4.69, 9.17) is 11.6 Å². The van der Waals surface area contributed by atoms with Crippen LogP contribution in [0.5, 0.6) is 0 Å². The van der Waals surface area contributed by atoms with Crippen LogP contribution in [0.1, 0.15) is 18.1 Å². The smallest absolute Gasteiger partial charge is 0.240 e. The second-order valence-electron chi connectivity index (χ2n) is 4.25. The minimum Gasteiger partial charge on any atom is -0.355 e. The van der Waals surface area contributed by atoms with E-state index in [1.165, 1.54) is 6.92 Å². The van der Waals surface area contributed by atoms with Crippen LogP contribution in [0.15, 0.2) is 17.0 Å². The van der Waals surface area contributed by atoms with Crippen LogP contribution >= 0.6 is 11.6 Å². The molecule has 19 heavy (non-hydrogen) atoms. The zero-order chi connectivity index (χ0) is 14.6. The molecule has 0 saturated heterocycles. The van der Waals surface area contributed by atoms with E-state index in [1.54, 1.807) is 26.0 Å². The SMILES string of the molecule is CC(=O)NCCNS(=O)(=O)c1cc(C)c(Cl)cc1C. The van der Waals surface area contributed by atoms with Gasteiger partial charge >= 0.3 is 0 Å². The number of carbonyl (C=O) groups is 1. The summed E-state index contributed by atoms with van der Waals surface area (Å²) in [7, 11) is -3.59. The maximum atomic E-state index is 12.1. The van der Waals surface area contributed by atoms with Crippen LogP contribution in [0.2, 0.25) is 5.02 Å². The Morgan fingerprint density at radius 3 is 2.42 bits per heavy atom. The molecule has 1 aromatic carbocycles. The molecule has 1 aromatic rings. The highest BCUT2D eigenvalue weighted by Crippen LogP contribution is 2.23. The molecule has 0 bridgehead atoms. The van der Waals surface area contributed by atoms with Crippen molar-refractivity contribution in [2.45, 2.75) is 25.7 Å². The van der Waals surface area contributed by atoms with Crippen molar-refractivity contribution < 1.29 is 13.2 Å². The molecule has 0 unspecified atom stereocenters. The summed E-state index contributed by atoms with van der Waals surface area (Å²) in [5.74, 6) is -0.197. The normalized spacial score (nSPS) is 11.4. The molecule has 0 aromatic heterocycles. The van der Waals surface area contributed by atoms with Crippen molar-refractivity contribution in [1.29, 1.82) is 0 Å². The van der Waals surface area contributed by atoms with Crippen LogP contribution in [0.3, 0.4) is 0 Å². The molecule has 106 valence electrons. The fraction of sp³-hybridized carbons (Fsp3) is 0.417. The van der Waals surface area contributed by atoms with Crippen LogP contribution in [-0.4, -0.2) is 27.4 Å². The summed E-state index contributed by atoms with van der Waals surface area (Å²) < 4.78 is 26.6. The van der Waals surface area contributed by atoms with E-state index < -0.39 is 10.0 Å². The molecule has 0 fully saturated rings. The topological polar surface area (TPSA) is 75.3 Å². The van der Waals surface area contributed by atoms with E-state index in [2.05, 4.69) is 10.0 Å². The fourth-order valence-electron chi connectivity index (χ4n) is 1.55. The van der Waals surface area contributed by atoms with Crippen LogP contribution in [0.4, 0.5) is 0 Å². The standard InChI is InChI=1S/C12H17ClN2O3S/c1-8-7-12(9(2)6-11(8)13)19(17,18)15-5-4-14-10(3)16/h6-7,15H,4-5H2,1-3H3,(H,14,16). The van der Waals surface area contributed by atoms with Gasteiger partial charge in [-0.25, -0.2) is 13.1 Å². The van der Waals surface area contributed by atoms with Gasteiger partial charge in [0.15, 0.2) is 0 Å². The van der Waals surface area contributed by atoms with E-state index in [1.807, 2.05) is 0 Å². The molecule has 0 aliphatic carbocycles. The molecule has 0 radical (unpaired) electrons. The Morgan fingerprint density at radius 1 is 1.21 bits per heavy atom. The number of halogens is 1. The van der Waals surface area contributed by atoms with Crippen molar-refractivity contribution >= 4 is 27.5 Å². The lowest BCUT2D eigenvalue weighted by Gasteiger charge is -2.11. The number of benzene rings is 1. The van der Waals surface area contributed by atoms with E-state index in [0.717, 1.165) is 0 Å². The highest BCUT2D eigenvalue weighted by Gasteiger charge is 2.17. The second kappa shape index (κ2) is 6.36. The molecule has 0 aliphatic heterocycles. The quantitative estimate of drug-likeness (QED) is 0.807. The van der Waals surface area contributed by atoms with Crippen molar-refractivity contribution in [3.63, 3.8) is 0 Å². The van der Waals surface area contributed by atoms with Crippen LogP contribution < -0.4 is 10.0 Å². The summed E-state index contributed by atoms with van der Waals surface area (Å²) in [4.78, 5) is 10.9. The fourth-order valence-corrected chi connectivity index (χ4v) is 3.10. The van der Waals surface area contributed by atoms with Gasteiger partial charge in [0, 0.05) is 25.0 Å². The van der Waals surface area contributed by atoms with Gasteiger partial charge in [0.25, 0.3) is 0 Å². The van der Waals surface area contributed by atoms with Gasteiger partial charge in [0.05, 0.1) is 4.90 Å². The Morgan fingerprint density at radius 2 is 1.84 bits per heavy atom. The van der Waals surface area contributed by atoms with Gasteiger partial charge in [-0.2, -0.15) is 0 Å². The van der Waals surface area contributed by atoms with Gasteiger partial charge in [-0.3, -0.25) is 4.79 Å². The highest BCUT2D eigenvalue weighted by molar-refractivity contribution is 7.89. The van der Waals surface area contributed by atoms with Crippen molar-refractivity contribution in [2.75, 3.05) is 13.1 Å². The summed E-state index contributed by atoms with van der Waals surface area (Å²) in [5, 5.41) is 3.05. The highest BCUT2D eigenvalue weighted by atomic mass is 35.5. The first-order valence-corrected chi connectivity index (χ1v) is 7.61. The predicted octanol–water partition coefficient (Wildman–Crippen LogP) is 1.37. The number of sulfonamides is 1. The van der Waals surface area contributed by atoms with Gasteiger partial charge in [0.1, 0.15) is 0 Å². The Balaban J connectivity index is 2.83. The third-order valence-corrected chi connectivity index (χ3v) is 4.55. The molecule has 0 aliphatic rings. The summed E-state index contributed by atoms with van der Waals surface area (Å²) in [6.07, 6.45) is 0. The predicted molar refractivity (Wildman–Crippen MR) is 74.8 cm³/mol. The molecule has 0 spiro atoms. The average molecular weight is 305 g/mol. The van der Waals surface area contributed by atoms with Crippen LogP contribution in [0.25, 0.3) is 0 Å². The van der Waals surface area contributed by atoms with E-state index in [9.17, 15) is 13.2 Å². The monoisotopic (exact) mass is 304 g/mol. The van der Waals surface area contributed by atoms with E-state index in [-0.39, 0.29) is 23.9 Å². The molecule has 1 amide bonds. The zero-order valence-electron chi connectivity index (χ0n) is 11.1. The lowest BCUT2D eigenvalue weighted by molar-refractivity contribution is -0.118. The first kappa shape index (κ1) is 15.9. The molecular weight excluding hydrogens is 288 g/mol. The number of hydrogen-bond donors (Lipinski definition) is 2. The maximum absolute atomic E-state index is 12.1. The van der Waals surface area contributed by atoms with Crippen molar-refractivity contribution in [3.05, 3.63) is 28.3 Å². The average Bonchev–Trinajstić information content (AvgIpc) is 2.29. The number of rotatable bonds is 5. The number of amides is 1. The number of nitrogens with one attached hydrogen (secondary N) is 2. The van der Waals surface area contributed by atoms with Gasteiger partial charge in [0.2, 0.25) is 15.9 Å².